The van der Waals surface area contributed by atoms with E-state index in [1.165, 1.54) is 7.11 Å². The molecular formula is C11H17N3O3. The molecular weight excluding hydrogens is 222 g/mol. The number of esters is 1. The van der Waals surface area contributed by atoms with Crippen LogP contribution in [0.3, 0.4) is 0 Å². The SMILES string of the molecule is COC(=O)c1c(N2CCC(C)CC2)noc1N. The number of methoxy groups -OCH3 is 1. The van der Waals surface area contributed by atoms with Crippen LogP contribution in [0.5, 0.6) is 0 Å². The van der Waals surface area contributed by atoms with Crippen LogP contribution in [0.1, 0.15) is 30.1 Å². The number of piperidine rings is 1. The summed E-state index contributed by atoms with van der Waals surface area (Å²) in [4.78, 5) is 13.6. The Morgan fingerprint density at radius 1 is 1.53 bits per heavy atom. The molecule has 1 aliphatic rings. The van der Waals surface area contributed by atoms with Gasteiger partial charge in [0.15, 0.2) is 11.4 Å². The summed E-state index contributed by atoms with van der Waals surface area (Å²) in [6.07, 6.45) is 2.15. The first kappa shape index (κ1) is 11.8. The summed E-state index contributed by atoms with van der Waals surface area (Å²) < 4.78 is 9.57. The zero-order chi connectivity index (χ0) is 12.4. The molecule has 0 amide bonds. The van der Waals surface area contributed by atoms with Crippen molar-refractivity contribution in [2.45, 2.75) is 19.8 Å². The molecule has 0 bridgehead atoms. The van der Waals surface area contributed by atoms with Crippen LogP contribution < -0.4 is 10.6 Å². The highest BCUT2D eigenvalue weighted by Crippen LogP contribution is 2.29. The number of nitrogens with zero attached hydrogens (tertiary/aromatic N) is 2. The highest BCUT2D eigenvalue weighted by atomic mass is 16.5. The summed E-state index contributed by atoms with van der Waals surface area (Å²) in [6, 6.07) is 0. The highest BCUT2D eigenvalue weighted by molar-refractivity contribution is 5.99. The summed E-state index contributed by atoms with van der Waals surface area (Å²) in [5.74, 6) is 0.723. The van der Waals surface area contributed by atoms with Gasteiger partial charge in [-0.25, -0.2) is 4.79 Å². The first-order valence-electron chi connectivity index (χ1n) is 5.72. The minimum Gasteiger partial charge on any atom is -0.465 e. The van der Waals surface area contributed by atoms with Crippen molar-refractivity contribution in [3.63, 3.8) is 0 Å². The molecule has 2 N–H and O–H groups in total. The van der Waals surface area contributed by atoms with Crippen molar-refractivity contribution in [3.8, 4) is 0 Å². The molecule has 0 unspecified atom stereocenters. The average molecular weight is 239 g/mol. The number of carbonyl (C=O) groups excluding carboxylic acids is 1. The molecule has 2 rings (SSSR count). The quantitative estimate of drug-likeness (QED) is 0.783. The Bertz CT molecular complexity index is 408. The second-order valence-electron chi connectivity index (χ2n) is 4.41. The van der Waals surface area contributed by atoms with Crippen molar-refractivity contribution in [2.75, 3.05) is 30.8 Å². The van der Waals surface area contributed by atoms with Crippen LogP contribution >= 0.6 is 0 Å². The molecule has 0 spiro atoms. The zero-order valence-corrected chi connectivity index (χ0v) is 10.1. The largest absolute Gasteiger partial charge is 0.465 e. The minimum atomic E-state index is -0.502. The van der Waals surface area contributed by atoms with Crippen LogP contribution in [0.25, 0.3) is 0 Å². The molecule has 0 saturated carbocycles. The van der Waals surface area contributed by atoms with Gasteiger partial charge < -0.3 is 19.9 Å². The number of carbonyl (C=O) groups is 1. The number of rotatable bonds is 2. The van der Waals surface area contributed by atoms with Gasteiger partial charge in [-0.15, -0.1) is 0 Å². The van der Waals surface area contributed by atoms with E-state index in [9.17, 15) is 4.79 Å². The number of nitrogen functional groups attached to an aromatic ring is 1. The molecule has 1 fully saturated rings. The van der Waals surface area contributed by atoms with Gasteiger partial charge in [0.2, 0.25) is 5.88 Å². The van der Waals surface area contributed by atoms with Crippen LogP contribution in [-0.2, 0) is 4.74 Å². The van der Waals surface area contributed by atoms with Crippen LogP contribution in [0.4, 0.5) is 11.7 Å². The average Bonchev–Trinajstić information content (AvgIpc) is 2.71. The van der Waals surface area contributed by atoms with Gasteiger partial charge in [0, 0.05) is 13.1 Å². The van der Waals surface area contributed by atoms with E-state index in [0.717, 1.165) is 25.9 Å². The predicted molar refractivity (Wildman–Crippen MR) is 62.9 cm³/mol. The molecule has 6 nitrogen and oxygen atoms in total. The lowest BCUT2D eigenvalue weighted by atomic mass is 9.99. The lowest BCUT2D eigenvalue weighted by Gasteiger charge is -2.30. The fraction of sp³-hybridized carbons (Fsp3) is 0.636. The smallest absolute Gasteiger partial charge is 0.347 e. The molecule has 94 valence electrons. The highest BCUT2D eigenvalue weighted by Gasteiger charge is 2.28. The Balaban J connectivity index is 2.23. The second-order valence-corrected chi connectivity index (χ2v) is 4.41. The van der Waals surface area contributed by atoms with E-state index in [1.54, 1.807) is 0 Å². The van der Waals surface area contributed by atoms with Crippen molar-refractivity contribution >= 4 is 17.7 Å². The van der Waals surface area contributed by atoms with Gasteiger partial charge in [0.05, 0.1) is 7.11 Å². The van der Waals surface area contributed by atoms with E-state index in [1.807, 2.05) is 4.90 Å². The van der Waals surface area contributed by atoms with Crippen molar-refractivity contribution in [1.29, 1.82) is 0 Å². The van der Waals surface area contributed by atoms with E-state index >= 15 is 0 Å². The summed E-state index contributed by atoms with van der Waals surface area (Å²) >= 11 is 0. The van der Waals surface area contributed by atoms with Crippen molar-refractivity contribution in [2.24, 2.45) is 5.92 Å². The molecule has 17 heavy (non-hydrogen) atoms. The fourth-order valence-corrected chi connectivity index (χ4v) is 2.02. The molecule has 1 aliphatic heterocycles. The van der Waals surface area contributed by atoms with Crippen LogP contribution in [0, 0.1) is 5.92 Å². The van der Waals surface area contributed by atoms with Gasteiger partial charge in [0.1, 0.15) is 0 Å². The van der Waals surface area contributed by atoms with Gasteiger partial charge in [-0.05, 0) is 18.8 Å². The molecule has 1 saturated heterocycles. The van der Waals surface area contributed by atoms with E-state index in [-0.39, 0.29) is 11.4 Å². The van der Waals surface area contributed by atoms with E-state index in [4.69, 9.17) is 10.3 Å². The van der Waals surface area contributed by atoms with Gasteiger partial charge in [0.25, 0.3) is 0 Å². The minimum absolute atomic E-state index is 0.0190. The standard InChI is InChI=1S/C11H17N3O3/c1-7-3-5-14(6-4-7)10-8(11(15)16-2)9(12)17-13-10/h7H,3-6,12H2,1-2H3. The van der Waals surface area contributed by atoms with Crippen molar-refractivity contribution in [3.05, 3.63) is 5.56 Å². The lowest BCUT2D eigenvalue weighted by molar-refractivity contribution is 0.0602. The molecule has 0 radical (unpaired) electrons. The molecule has 1 aromatic heterocycles. The molecule has 1 aromatic rings. The summed E-state index contributed by atoms with van der Waals surface area (Å²) in [5.41, 5.74) is 5.83. The van der Waals surface area contributed by atoms with E-state index in [2.05, 4.69) is 16.8 Å². The van der Waals surface area contributed by atoms with Gasteiger partial charge in [-0.3, -0.25) is 0 Å². The molecule has 2 heterocycles. The summed E-state index contributed by atoms with van der Waals surface area (Å²) in [5, 5.41) is 3.86. The van der Waals surface area contributed by atoms with Crippen molar-refractivity contribution in [1.82, 2.24) is 5.16 Å². The van der Waals surface area contributed by atoms with E-state index in [0.29, 0.717) is 11.7 Å². The van der Waals surface area contributed by atoms with Crippen LogP contribution in [0.15, 0.2) is 4.52 Å². The topological polar surface area (TPSA) is 81.6 Å². The molecule has 0 atom stereocenters. The number of hydrogen-bond donors (Lipinski definition) is 1. The molecule has 0 aromatic carbocycles. The van der Waals surface area contributed by atoms with Crippen LogP contribution in [0.2, 0.25) is 0 Å². The van der Waals surface area contributed by atoms with E-state index < -0.39 is 5.97 Å². The second kappa shape index (κ2) is 4.65. The zero-order valence-electron chi connectivity index (χ0n) is 10.1. The van der Waals surface area contributed by atoms with Gasteiger partial charge in [-0.2, -0.15) is 0 Å². The van der Waals surface area contributed by atoms with Gasteiger partial charge in [-0.1, -0.05) is 12.1 Å². The number of nitrogens with two attached hydrogens (primary N) is 1. The maximum atomic E-state index is 11.6. The maximum absolute atomic E-state index is 11.6. The van der Waals surface area contributed by atoms with Crippen molar-refractivity contribution < 1.29 is 14.1 Å². The number of ether oxygens (including phenoxy) is 1. The Morgan fingerprint density at radius 3 is 2.76 bits per heavy atom. The first-order valence-corrected chi connectivity index (χ1v) is 5.72. The number of anilines is 2. The summed E-state index contributed by atoms with van der Waals surface area (Å²) in [7, 11) is 1.32. The molecule has 0 aliphatic carbocycles. The third-order valence-corrected chi connectivity index (χ3v) is 3.17. The summed E-state index contributed by atoms with van der Waals surface area (Å²) in [6.45, 7) is 3.93. The Hall–Kier alpha value is -1.72. The number of aromatic nitrogens is 1. The molecule has 6 heteroatoms. The van der Waals surface area contributed by atoms with Gasteiger partial charge >= 0.3 is 5.97 Å². The fourth-order valence-electron chi connectivity index (χ4n) is 2.02. The maximum Gasteiger partial charge on any atom is 0.347 e. The predicted octanol–water partition coefficient (Wildman–Crippen LogP) is 1.28. The van der Waals surface area contributed by atoms with Crippen LogP contribution in [-0.4, -0.2) is 31.3 Å². The normalized spacial score (nSPS) is 17.2. The third kappa shape index (κ3) is 2.20. The Labute approximate surface area is 99.7 Å². The Morgan fingerprint density at radius 2 is 2.18 bits per heavy atom. The third-order valence-electron chi connectivity index (χ3n) is 3.17. The number of hydrogen-bond acceptors (Lipinski definition) is 6. The Kier molecular flexibility index (Phi) is 3.21. The lowest BCUT2D eigenvalue weighted by Crippen LogP contribution is -2.34. The first-order chi connectivity index (χ1) is 8.13. The monoisotopic (exact) mass is 239 g/mol.